The van der Waals surface area contributed by atoms with Crippen LogP contribution < -0.4 is 10.6 Å². The van der Waals surface area contributed by atoms with Crippen LogP contribution in [0.25, 0.3) is 0 Å². The summed E-state index contributed by atoms with van der Waals surface area (Å²) in [6.45, 7) is 3.68. The van der Waals surface area contributed by atoms with E-state index in [1.54, 1.807) is 0 Å². The van der Waals surface area contributed by atoms with Crippen LogP contribution >= 0.6 is 15.9 Å². The smallest absolute Gasteiger partial charge is 0.222 e. The van der Waals surface area contributed by atoms with Crippen molar-refractivity contribution in [2.45, 2.75) is 32.6 Å². The number of amides is 1. The Hall–Kier alpha value is -1.17. The van der Waals surface area contributed by atoms with Crippen molar-refractivity contribution in [3.63, 3.8) is 0 Å². The molecule has 0 saturated carbocycles. The van der Waals surface area contributed by atoms with Crippen molar-refractivity contribution in [1.82, 2.24) is 9.97 Å². The average molecular weight is 327 g/mol. The van der Waals surface area contributed by atoms with Crippen LogP contribution in [0.5, 0.6) is 0 Å². The van der Waals surface area contributed by atoms with E-state index >= 15 is 0 Å². The predicted octanol–water partition coefficient (Wildman–Crippen LogP) is 1.89. The van der Waals surface area contributed by atoms with Crippen molar-refractivity contribution >= 4 is 27.7 Å². The molecule has 2 rings (SSSR count). The predicted molar refractivity (Wildman–Crippen MR) is 77.9 cm³/mol. The second kappa shape index (κ2) is 6.32. The monoisotopic (exact) mass is 326 g/mol. The third-order valence-corrected chi connectivity index (χ3v) is 3.76. The fraction of sp³-hybridized carbons (Fsp3) is 0.615. The third kappa shape index (κ3) is 3.65. The van der Waals surface area contributed by atoms with Gasteiger partial charge in [0, 0.05) is 25.6 Å². The first-order chi connectivity index (χ1) is 9.10. The van der Waals surface area contributed by atoms with Crippen molar-refractivity contribution in [1.29, 1.82) is 0 Å². The largest absolute Gasteiger partial charge is 0.369 e. The van der Waals surface area contributed by atoms with Gasteiger partial charge in [-0.1, -0.05) is 6.92 Å². The molecule has 1 amide bonds. The molecule has 1 aliphatic rings. The summed E-state index contributed by atoms with van der Waals surface area (Å²) in [5.74, 6) is 1.44. The Bertz CT molecular complexity index is 466. The van der Waals surface area contributed by atoms with Crippen LogP contribution in [0.3, 0.4) is 0 Å². The van der Waals surface area contributed by atoms with E-state index in [0.717, 1.165) is 48.5 Å². The SMILES string of the molecule is CCCc1nc(Br)cc(N2CCCC(C(N)=O)C2)n1. The number of aromatic nitrogens is 2. The van der Waals surface area contributed by atoms with Crippen LogP contribution in [-0.4, -0.2) is 29.0 Å². The van der Waals surface area contributed by atoms with Gasteiger partial charge in [-0.05, 0) is 35.2 Å². The summed E-state index contributed by atoms with van der Waals surface area (Å²) in [4.78, 5) is 22.4. The first-order valence-electron chi connectivity index (χ1n) is 6.68. The molecule has 6 heteroatoms. The molecule has 0 radical (unpaired) electrons. The molecule has 1 aliphatic heterocycles. The number of piperidine rings is 1. The Morgan fingerprint density at radius 1 is 1.58 bits per heavy atom. The van der Waals surface area contributed by atoms with E-state index in [-0.39, 0.29) is 11.8 Å². The summed E-state index contributed by atoms with van der Waals surface area (Å²) in [6, 6.07) is 1.91. The number of anilines is 1. The van der Waals surface area contributed by atoms with E-state index in [0.29, 0.717) is 6.54 Å². The molecule has 5 nitrogen and oxygen atoms in total. The Kier molecular flexibility index (Phi) is 4.74. The van der Waals surface area contributed by atoms with Crippen molar-refractivity contribution in [2.24, 2.45) is 11.7 Å². The zero-order valence-electron chi connectivity index (χ0n) is 11.1. The van der Waals surface area contributed by atoms with Gasteiger partial charge < -0.3 is 10.6 Å². The van der Waals surface area contributed by atoms with Crippen LogP contribution in [0.2, 0.25) is 0 Å². The zero-order valence-corrected chi connectivity index (χ0v) is 12.7. The van der Waals surface area contributed by atoms with Gasteiger partial charge in [0.05, 0.1) is 5.92 Å². The molecule has 1 fully saturated rings. The molecule has 1 aromatic rings. The van der Waals surface area contributed by atoms with Gasteiger partial charge in [0.2, 0.25) is 5.91 Å². The van der Waals surface area contributed by atoms with Crippen LogP contribution in [0.4, 0.5) is 5.82 Å². The van der Waals surface area contributed by atoms with Gasteiger partial charge in [-0.2, -0.15) is 0 Å². The minimum atomic E-state index is -0.216. The Morgan fingerprint density at radius 3 is 3.05 bits per heavy atom. The van der Waals surface area contributed by atoms with E-state index < -0.39 is 0 Å². The van der Waals surface area contributed by atoms with Crippen molar-refractivity contribution < 1.29 is 4.79 Å². The van der Waals surface area contributed by atoms with Gasteiger partial charge in [0.25, 0.3) is 0 Å². The number of nitrogens with zero attached hydrogens (tertiary/aromatic N) is 3. The van der Waals surface area contributed by atoms with Gasteiger partial charge in [-0.25, -0.2) is 9.97 Å². The molecule has 0 aromatic carbocycles. The molecule has 1 aromatic heterocycles. The topological polar surface area (TPSA) is 72.1 Å². The van der Waals surface area contributed by atoms with Gasteiger partial charge in [0.1, 0.15) is 16.2 Å². The minimum absolute atomic E-state index is 0.0721. The number of primary amides is 1. The van der Waals surface area contributed by atoms with Crippen molar-refractivity contribution in [3.05, 3.63) is 16.5 Å². The fourth-order valence-electron chi connectivity index (χ4n) is 2.37. The molecule has 1 atom stereocenters. The van der Waals surface area contributed by atoms with E-state index in [2.05, 4.69) is 37.7 Å². The van der Waals surface area contributed by atoms with E-state index in [4.69, 9.17) is 5.73 Å². The van der Waals surface area contributed by atoms with Crippen LogP contribution in [0.1, 0.15) is 32.0 Å². The van der Waals surface area contributed by atoms with Crippen LogP contribution in [0.15, 0.2) is 10.7 Å². The second-order valence-electron chi connectivity index (χ2n) is 4.90. The molecule has 0 aliphatic carbocycles. The lowest BCUT2D eigenvalue weighted by atomic mass is 9.97. The number of hydrogen-bond donors (Lipinski definition) is 1. The van der Waals surface area contributed by atoms with Crippen molar-refractivity contribution in [3.8, 4) is 0 Å². The maximum absolute atomic E-state index is 11.3. The van der Waals surface area contributed by atoms with Gasteiger partial charge in [-0.3, -0.25) is 4.79 Å². The van der Waals surface area contributed by atoms with E-state index in [1.165, 1.54) is 0 Å². The summed E-state index contributed by atoms with van der Waals surface area (Å²) < 4.78 is 0.794. The number of aryl methyl sites for hydroxylation is 1. The van der Waals surface area contributed by atoms with Crippen molar-refractivity contribution in [2.75, 3.05) is 18.0 Å². The maximum Gasteiger partial charge on any atom is 0.222 e. The van der Waals surface area contributed by atoms with Gasteiger partial charge in [-0.15, -0.1) is 0 Å². The Morgan fingerprint density at radius 2 is 2.37 bits per heavy atom. The van der Waals surface area contributed by atoms with Gasteiger partial charge in [0.15, 0.2) is 0 Å². The molecule has 1 saturated heterocycles. The Labute approximate surface area is 121 Å². The molecule has 0 bridgehead atoms. The first kappa shape index (κ1) is 14.2. The average Bonchev–Trinajstić information content (AvgIpc) is 2.38. The highest BCUT2D eigenvalue weighted by Crippen LogP contribution is 2.23. The molecule has 1 unspecified atom stereocenters. The molecule has 2 N–H and O–H groups in total. The summed E-state index contributed by atoms with van der Waals surface area (Å²) in [7, 11) is 0. The normalized spacial score (nSPS) is 19.5. The number of carbonyl (C=O) groups is 1. The highest BCUT2D eigenvalue weighted by atomic mass is 79.9. The molecular weight excluding hydrogens is 308 g/mol. The molecule has 0 spiro atoms. The lowest BCUT2D eigenvalue weighted by molar-refractivity contribution is -0.122. The molecular formula is C13H19BrN4O. The lowest BCUT2D eigenvalue weighted by Gasteiger charge is -2.32. The summed E-state index contributed by atoms with van der Waals surface area (Å²) in [5.41, 5.74) is 5.41. The number of nitrogens with two attached hydrogens (primary N) is 1. The van der Waals surface area contributed by atoms with E-state index in [9.17, 15) is 4.79 Å². The minimum Gasteiger partial charge on any atom is -0.369 e. The fourth-order valence-corrected chi connectivity index (χ4v) is 2.78. The molecule has 2 heterocycles. The third-order valence-electron chi connectivity index (χ3n) is 3.35. The number of halogens is 1. The summed E-state index contributed by atoms with van der Waals surface area (Å²) in [6.07, 6.45) is 3.72. The number of rotatable bonds is 4. The molecule has 104 valence electrons. The zero-order chi connectivity index (χ0) is 13.8. The highest BCUT2D eigenvalue weighted by Gasteiger charge is 2.25. The maximum atomic E-state index is 11.3. The van der Waals surface area contributed by atoms with Crippen LogP contribution in [0, 0.1) is 5.92 Å². The summed E-state index contributed by atoms with van der Waals surface area (Å²) >= 11 is 3.42. The van der Waals surface area contributed by atoms with Crippen LogP contribution in [-0.2, 0) is 11.2 Å². The number of hydrogen-bond acceptors (Lipinski definition) is 4. The molecule has 19 heavy (non-hydrogen) atoms. The first-order valence-corrected chi connectivity index (χ1v) is 7.47. The standard InChI is InChI=1S/C13H19BrN4O/c1-2-4-11-16-10(14)7-12(17-11)18-6-3-5-9(8-18)13(15)19/h7,9H,2-6,8H2,1H3,(H2,15,19). The quantitative estimate of drug-likeness (QED) is 0.857. The van der Waals surface area contributed by atoms with E-state index in [1.807, 2.05) is 6.07 Å². The number of carbonyl (C=O) groups excluding carboxylic acids is 1. The highest BCUT2D eigenvalue weighted by molar-refractivity contribution is 9.10. The Balaban J connectivity index is 2.18. The second-order valence-corrected chi connectivity index (χ2v) is 5.72. The lowest BCUT2D eigenvalue weighted by Crippen LogP contribution is -2.41. The summed E-state index contributed by atoms with van der Waals surface area (Å²) in [5, 5.41) is 0. The van der Waals surface area contributed by atoms with Gasteiger partial charge >= 0.3 is 0 Å².